The number of nitrogens with zero attached hydrogens (tertiary/aromatic N) is 2. The molecular formula is C17H12N2OS. The molecule has 3 rings (SSSR count). The maximum Gasteiger partial charge on any atom is 0.129 e. The molecule has 21 heavy (non-hydrogen) atoms. The van der Waals surface area contributed by atoms with E-state index in [1.54, 1.807) is 24.5 Å². The predicted molar refractivity (Wildman–Crippen MR) is 84.3 cm³/mol. The van der Waals surface area contributed by atoms with E-state index in [9.17, 15) is 0 Å². The summed E-state index contributed by atoms with van der Waals surface area (Å²) in [5.74, 6) is 0.809. The summed E-state index contributed by atoms with van der Waals surface area (Å²) in [6, 6.07) is 17.4. The van der Waals surface area contributed by atoms with Crippen molar-refractivity contribution in [3.8, 4) is 33.6 Å². The molecule has 102 valence electrons. The van der Waals surface area contributed by atoms with Crippen molar-refractivity contribution in [3.63, 3.8) is 0 Å². The number of para-hydroxylation sites is 1. The van der Waals surface area contributed by atoms with E-state index >= 15 is 0 Å². The van der Waals surface area contributed by atoms with Gasteiger partial charge in [-0.1, -0.05) is 24.3 Å². The molecule has 0 spiro atoms. The van der Waals surface area contributed by atoms with Gasteiger partial charge in [-0.3, -0.25) is 0 Å². The maximum atomic E-state index is 8.98. The molecule has 1 aromatic heterocycles. The summed E-state index contributed by atoms with van der Waals surface area (Å²) in [5.41, 5.74) is 3.44. The highest BCUT2D eigenvalue weighted by Gasteiger charge is 2.10. The summed E-state index contributed by atoms with van der Waals surface area (Å²) in [7, 11) is 1.66. The first-order valence-electron chi connectivity index (χ1n) is 6.41. The molecule has 0 aliphatic rings. The zero-order valence-corrected chi connectivity index (χ0v) is 12.2. The third-order valence-corrected chi connectivity index (χ3v) is 4.00. The largest absolute Gasteiger partial charge is 0.496 e. The van der Waals surface area contributed by atoms with Crippen LogP contribution < -0.4 is 4.74 Å². The number of thiazole rings is 1. The Hall–Kier alpha value is -2.64. The minimum atomic E-state index is 0.638. The van der Waals surface area contributed by atoms with E-state index in [0.29, 0.717) is 5.56 Å². The van der Waals surface area contributed by atoms with Crippen LogP contribution in [0.1, 0.15) is 5.56 Å². The van der Waals surface area contributed by atoms with Crippen molar-refractivity contribution in [2.75, 3.05) is 7.11 Å². The molecule has 4 heteroatoms. The Morgan fingerprint density at radius 1 is 1.14 bits per heavy atom. The van der Waals surface area contributed by atoms with Crippen LogP contribution in [0.5, 0.6) is 5.75 Å². The van der Waals surface area contributed by atoms with Crippen molar-refractivity contribution < 1.29 is 4.74 Å². The first kappa shape index (κ1) is 13.3. The molecule has 0 radical (unpaired) electrons. The summed E-state index contributed by atoms with van der Waals surface area (Å²) in [6.07, 6.45) is 0. The van der Waals surface area contributed by atoms with Gasteiger partial charge >= 0.3 is 0 Å². The minimum absolute atomic E-state index is 0.638. The second kappa shape index (κ2) is 5.78. The lowest BCUT2D eigenvalue weighted by molar-refractivity contribution is 0.416. The molecule has 2 aromatic carbocycles. The highest BCUT2D eigenvalue weighted by atomic mass is 32.1. The molecule has 0 aliphatic heterocycles. The Morgan fingerprint density at radius 2 is 2.00 bits per heavy atom. The van der Waals surface area contributed by atoms with Gasteiger partial charge in [-0.25, -0.2) is 4.98 Å². The van der Waals surface area contributed by atoms with E-state index in [0.717, 1.165) is 27.6 Å². The van der Waals surface area contributed by atoms with Crippen molar-refractivity contribution in [3.05, 3.63) is 59.5 Å². The number of hydrogen-bond acceptors (Lipinski definition) is 4. The van der Waals surface area contributed by atoms with Crippen LogP contribution in [-0.2, 0) is 0 Å². The summed E-state index contributed by atoms with van der Waals surface area (Å²) in [6.45, 7) is 0. The Balaban J connectivity index is 2.02. The molecule has 3 aromatic rings. The quantitative estimate of drug-likeness (QED) is 0.720. The highest BCUT2D eigenvalue weighted by Crippen LogP contribution is 2.34. The van der Waals surface area contributed by atoms with E-state index in [2.05, 4.69) is 11.1 Å². The van der Waals surface area contributed by atoms with Crippen LogP contribution in [0.25, 0.3) is 21.8 Å². The number of methoxy groups -OCH3 is 1. The molecular weight excluding hydrogens is 280 g/mol. The van der Waals surface area contributed by atoms with Gasteiger partial charge in [-0.05, 0) is 24.3 Å². The molecule has 1 heterocycles. The van der Waals surface area contributed by atoms with Crippen LogP contribution in [0.2, 0.25) is 0 Å². The monoisotopic (exact) mass is 292 g/mol. The van der Waals surface area contributed by atoms with Gasteiger partial charge in [0.1, 0.15) is 10.8 Å². The Morgan fingerprint density at radius 3 is 2.81 bits per heavy atom. The SMILES string of the molecule is COc1ccccc1-c1nc(-c2cccc(C#N)c2)cs1. The predicted octanol–water partition coefficient (Wildman–Crippen LogP) is 4.36. The van der Waals surface area contributed by atoms with Crippen LogP contribution in [-0.4, -0.2) is 12.1 Å². The summed E-state index contributed by atoms with van der Waals surface area (Å²) >= 11 is 1.57. The van der Waals surface area contributed by atoms with E-state index in [1.165, 1.54) is 0 Å². The van der Waals surface area contributed by atoms with Gasteiger partial charge in [0.15, 0.2) is 0 Å². The second-order valence-electron chi connectivity index (χ2n) is 4.43. The van der Waals surface area contributed by atoms with Crippen LogP contribution >= 0.6 is 11.3 Å². The van der Waals surface area contributed by atoms with Crippen molar-refractivity contribution in [2.45, 2.75) is 0 Å². The van der Waals surface area contributed by atoms with Gasteiger partial charge in [0.25, 0.3) is 0 Å². The number of benzene rings is 2. The molecule has 0 aliphatic carbocycles. The van der Waals surface area contributed by atoms with E-state index in [4.69, 9.17) is 10.00 Å². The van der Waals surface area contributed by atoms with Gasteiger partial charge in [0, 0.05) is 10.9 Å². The van der Waals surface area contributed by atoms with Crippen LogP contribution in [0.15, 0.2) is 53.9 Å². The normalized spacial score (nSPS) is 10.1. The lowest BCUT2D eigenvalue weighted by Crippen LogP contribution is -1.87. The zero-order chi connectivity index (χ0) is 14.7. The fourth-order valence-corrected chi connectivity index (χ4v) is 2.96. The Bertz CT molecular complexity index is 817. The first-order valence-corrected chi connectivity index (χ1v) is 7.29. The van der Waals surface area contributed by atoms with Crippen LogP contribution in [0, 0.1) is 11.3 Å². The van der Waals surface area contributed by atoms with Crippen LogP contribution in [0.3, 0.4) is 0 Å². The average molecular weight is 292 g/mol. The standard InChI is InChI=1S/C17H12N2OS/c1-20-16-8-3-2-7-14(16)17-19-15(11-21-17)13-6-4-5-12(9-13)10-18/h2-9,11H,1H3. The zero-order valence-electron chi connectivity index (χ0n) is 11.4. The molecule has 0 saturated carbocycles. The summed E-state index contributed by atoms with van der Waals surface area (Å²) in [5, 5.41) is 11.9. The molecule has 0 N–H and O–H groups in total. The van der Waals surface area contributed by atoms with Crippen molar-refractivity contribution in [1.82, 2.24) is 4.98 Å². The van der Waals surface area contributed by atoms with E-state index in [1.807, 2.05) is 47.8 Å². The number of hydrogen-bond donors (Lipinski definition) is 0. The van der Waals surface area contributed by atoms with Crippen molar-refractivity contribution in [1.29, 1.82) is 5.26 Å². The number of nitriles is 1. The molecule has 0 saturated heterocycles. The van der Waals surface area contributed by atoms with Gasteiger partial charge in [0.05, 0.1) is 30.0 Å². The molecule has 0 amide bonds. The van der Waals surface area contributed by atoms with Gasteiger partial charge in [0.2, 0.25) is 0 Å². The Labute approximate surface area is 127 Å². The third-order valence-electron chi connectivity index (χ3n) is 3.13. The fourth-order valence-electron chi connectivity index (χ4n) is 2.10. The summed E-state index contributed by atoms with van der Waals surface area (Å²) in [4.78, 5) is 4.66. The smallest absolute Gasteiger partial charge is 0.129 e. The number of ether oxygens (including phenoxy) is 1. The van der Waals surface area contributed by atoms with Gasteiger partial charge in [-0.2, -0.15) is 5.26 Å². The Kier molecular flexibility index (Phi) is 3.67. The van der Waals surface area contributed by atoms with Gasteiger partial charge < -0.3 is 4.74 Å². The minimum Gasteiger partial charge on any atom is -0.496 e. The third kappa shape index (κ3) is 2.64. The van der Waals surface area contributed by atoms with Crippen LogP contribution in [0.4, 0.5) is 0 Å². The first-order chi connectivity index (χ1) is 10.3. The molecule has 0 bridgehead atoms. The maximum absolute atomic E-state index is 8.98. The second-order valence-corrected chi connectivity index (χ2v) is 5.29. The highest BCUT2D eigenvalue weighted by molar-refractivity contribution is 7.13. The lowest BCUT2D eigenvalue weighted by Gasteiger charge is -2.04. The fraction of sp³-hybridized carbons (Fsp3) is 0.0588. The average Bonchev–Trinajstić information content (AvgIpc) is 3.04. The summed E-state index contributed by atoms with van der Waals surface area (Å²) < 4.78 is 5.37. The topological polar surface area (TPSA) is 45.9 Å². The van der Waals surface area contributed by atoms with Crippen molar-refractivity contribution >= 4 is 11.3 Å². The van der Waals surface area contributed by atoms with E-state index < -0.39 is 0 Å². The molecule has 3 nitrogen and oxygen atoms in total. The lowest BCUT2D eigenvalue weighted by atomic mass is 10.1. The number of rotatable bonds is 3. The van der Waals surface area contributed by atoms with E-state index in [-0.39, 0.29) is 0 Å². The van der Waals surface area contributed by atoms with Gasteiger partial charge in [-0.15, -0.1) is 11.3 Å². The van der Waals surface area contributed by atoms with Crippen molar-refractivity contribution in [2.24, 2.45) is 0 Å². The molecule has 0 atom stereocenters. The molecule has 0 fully saturated rings. The molecule has 0 unspecified atom stereocenters. The number of aromatic nitrogens is 1.